The minimum absolute atomic E-state index is 0.0136. The van der Waals surface area contributed by atoms with Gasteiger partial charge >= 0.3 is 5.97 Å². The second-order valence-electron chi connectivity index (χ2n) is 7.55. The zero-order valence-electron chi connectivity index (χ0n) is 16.9. The van der Waals surface area contributed by atoms with Gasteiger partial charge in [-0.05, 0) is 51.2 Å². The molecule has 0 N–H and O–H groups in total. The average molecular weight is 419 g/mol. The van der Waals surface area contributed by atoms with Gasteiger partial charge in [0.2, 0.25) is 5.91 Å². The van der Waals surface area contributed by atoms with E-state index in [2.05, 4.69) is 4.98 Å². The summed E-state index contributed by atoms with van der Waals surface area (Å²) in [7, 11) is 0. The van der Waals surface area contributed by atoms with E-state index >= 15 is 0 Å². The van der Waals surface area contributed by atoms with Gasteiger partial charge in [-0.15, -0.1) is 11.3 Å². The number of nitrogens with zero attached hydrogens (tertiary/aromatic N) is 2. The van der Waals surface area contributed by atoms with Gasteiger partial charge < -0.3 is 9.64 Å². The molecule has 0 bridgehead atoms. The van der Waals surface area contributed by atoms with E-state index in [0.717, 1.165) is 10.6 Å². The number of carbonyl (C=O) groups is 2. The van der Waals surface area contributed by atoms with Gasteiger partial charge in [0.05, 0.1) is 23.2 Å². The number of benzene rings is 1. The molecule has 2 heterocycles. The van der Waals surface area contributed by atoms with E-state index in [-0.39, 0.29) is 37.3 Å². The lowest BCUT2D eigenvalue weighted by molar-refractivity contribution is -0.160. The van der Waals surface area contributed by atoms with Crippen molar-refractivity contribution < 1.29 is 18.7 Å². The number of aryl methyl sites for hydroxylation is 2. The van der Waals surface area contributed by atoms with Gasteiger partial charge in [0.15, 0.2) is 0 Å². The number of piperidine rings is 1. The summed E-state index contributed by atoms with van der Waals surface area (Å²) in [6, 6.07) is 6.50. The Morgan fingerprint density at radius 2 is 2.14 bits per heavy atom. The van der Waals surface area contributed by atoms with Crippen molar-refractivity contribution in [2.24, 2.45) is 5.41 Å². The second kappa shape index (κ2) is 9.48. The third kappa shape index (κ3) is 5.01. The maximum atomic E-state index is 14.3. The molecule has 0 radical (unpaired) electrons. The molecule has 0 aliphatic carbocycles. The van der Waals surface area contributed by atoms with Crippen molar-refractivity contribution in [3.8, 4) is 0 Å². The SMILES string of the molecule is CCOC(=O)C1(Cc2ccccc2F)CCCN(C(=O)CCc2scnc2C)C1. The molecule has 1 aromatic carbocycles. The third-order valence-electron chi connectivity index (χ3n) is 5.54. The van der Waals surface area contributed by atoms with Crippen molar-refractivity contribution in [2.45, 2.75) is 46.0 Å². The quantitative estimate of drug-likeness (QED) is 0.639. The van der Waals surface area contributed by atoms with Crippen molar-refractivity contribution >= 4 is 23.2 Å². The highest BCUT2D eigenvalue weighted by Crippen LogP contribution is 2.36. The summed E-state index contributed by atoms with van der Waals surface area (Å²) in [5, 5.41) is 0. The molecule has 29 heavy (non-hydrogen) atoms. The molecule has 3 rings (SSSR count). The number of hydrogen-bond acceptors (Lipinski definition) is 5. The van der Waals surface area contributed by atoms with E-state index in [1.54, 1.807) is 46.9 Å². The number of esters is 1. The van der Waals surface area contributed by atoms with Crippen LogP contribution >= 0.6 is 11.3 Å². The number of halogens is 1. The summed E-state index contributed by atoms with van der Waals surface area (Å²) in [5.74, 6) is -0.668. The summed E-state index contributed by atoms with van der Waals surface area (Å²) < 4.78 is 19.7. The fourth-order valence-electron chi connectivity index (χ4n) is 3.96. The predicted octanol–water partition coefficient (Wildman–Crippen LogP) is 3.94. The van der Waals surface area contributed by atoms with Crippen molar-refractivity contribution in [2.75, 3.05) is 19.7 Å². The van der Waals surface area contributed by atoms with Crippen molar-refractivity contribution in [3.05, 3.63) is 51.7 Å². The molecule has 1 atom stereocenters. The van der Waals surface area contributed by atoms with Gasteiger partial charge in [0.1, 0.15) is 5.82 Å². The number of ether oxygens (including phenoxy) is 1. The molecule has 0 spiro atoms. The van der Waals surface area contributed by atoms with Gasteiger partial charge in [-0.1, -0.05) is 18.2 Å². The van der Waals surface area contributed by atoms with Crippen LogP contribution in [0.3, 0.4) is 0 Å². The highest BCUT2D eigenvalue weighted by atomic mass is 32.1. The molecule has 5 nitrogen and oxygen atoms in total. The zero-order chi connectivity index (χ0) is 20.9. The van der Waals surface area contributed by atoms with Crippen molar-refractivity contribution in [1.82, 2.24) is 9.88 Å². The molecule has 1 amide bonds. The van der Waals surface area contributed by atoms with Gasteiger partial charge in [0.25, 0.3) is 0 Å². The van der Waals surface area contributed by atoms with Crippen molar-refractivity contribution in [3.63, 3.8) is 0 Å². The Labute approximate surface area is 174 Å². The van der Waals surface area contributed by atoms with Crippen LogP contribution in [0.1, 0.15) is 42.3 Å². The second-order valence-corrected chi connectivity index (χ2v) is 8.49. The molecule has 1 aliphatic rings. The molecule has 1 aliphatic heterocycles. The number of amides is 1. The van der Waals surface area contributed by atoms with Gasteiger partial charge in [-0.25, -0.2) is 9.37 Å². The summed E-state index contributed by atoms with van der Waals surface area (Å²) in [6.07, 6.45) is 2.53. The number of likely N-dealkylation sites (tertiary alicyclic amines) is 1. The first-order valence-corrected chi connectivity index (χ1v) is 10.9. The predicted molar refractivity (Wildman–Crippen MR) is 110 cm³/mol. The van der Waals surface area contributed by atoms with Crippen LogP contribution in [0.25, 0.3) is 0 Å². The third-order valence-corrected chi connectivity index (χ3v) is 6.53. The Morgan fingerprint density at radius 3 is 2.83 bits per heavy atom. The minimum atomic E-state index is -0.910. The lowest BCUT2D eigenvalue weighted by Crippen LogP contribution is -2.51. The van der Waals surface area contributed by atoms with E-state index in [1.807, 2.05) is 6.92 Å². The van der Waals surface area contributed by atoms with E-state index in [0.29, 0.717) is 37.8 Å². The lowest BCUT2D eigenvalue weighted by Gasteiger charge is -2.41. The van der Waals surface area contributed by atoms with Gasteiger partial charge in [0, 0.05) is 24.4 Å². The number of thiazole rings is 1. The number of rotatable bonds is 7. The van der Waals surface area contributed by atoms with Crippen LogP contribution in [-0.4, -0.2) is 41.5 Å². The standard InChI is InChI=1S/C22H27FN2O3S/c1-3-28-21(27)22(13-17-7-4-5-8-18(17)23)11-6-12-25(14-22)20(26)10-9-19-16(2)24-15-29-19/h4-5,7-8,15H,3,6,9-14H2,1-2H3. The normalized spacial score (nSPS) is 19.2. The topological polar surface area (TPSA) is 59.5 Å². The maximum Gasteiger partial charge on any atom is 0.314 e. The molecule has 156 valence electrons. The molecule has 1 aromatic heterocycles. The Morgan fingerprint density at radius 1 is 1.34 bits per heavy atom. The minimum Gasteiger partial charge on any atom is -0.466 e. The Bertz CT molecular complexity index is 869. The summed E-state index contributed by atoms with van der Waals surface area (Å²) in [4.78, 5) is 32.9. The van der Waals surface area contributed by atoms with Crippen LogP contribution in [0.15, 0.2) is 29.8 Å². The van der Waals surface area contributed by atoms with E-state index in [4.69, 9.17) is 4.74 Å². The van der Waals surface area contributed by atoms with Crippen LogP contribution < -0.4 is 0 Å². The van der Waals surface area contributed by atoms with E-state index < -0.39 is 5.41 Å². The molecule has 2 aromatic rings. The molecule has 1 saturated heterocycles. The highest BCUT2D eigenvalue weighted by molar-refractivity contribution is 7.09. The van der Waals surface area contributed by atoms with Gasteiger partial charge in [-0.2, -0.15) is 0 Å². The zero-order valence-corrected chi connectivity index (χ0v) is 17.8. The molecular formula is C22H27FN2O3S. The molecule has 1 unspecified atom stereocenters. The number of aromatic nitrogens is 1. The van der Waals surface area contributed by atoms with E-state index in [1.165, 1.54) is 6.07 Å². The fourth-order valence-corrected chi connectivity index (χ4v) is 4.74. The molecular weight excluding hydrogens is 391 g/mol. The maximum absolute atomic E-state index is 14.3. The lowest BCUT2D eigenvalue weighted by atomic mass is 9.74. The van der Waals surface area contributed by atoms with Crippen LogP contribution in [0.5, 0.6) is 0 Å². The van der Waals surface area contributed by atoms with Gasteiger partial charge in [-0.3, -0.25) is 9.59 Å². The highest BCUT2D eigenvalue weighted by Gasteiger charge is 2.45. The number of carbonyl (C=O) groups excluding carboxylic acids is 2. The first kappa shape index (κ1) is 21.4. The molecule has 0 saturated carbocycles. The van der Waals surface area contributed by atoms with Crippen LogP contribution in [-0.2, 0) is 27.2 Å². The first-order valence-electron chi connectivity index (χ1n) is 10.0. The first-order chi connectivity index (χ1) is 13.9. The largest absolute Gasteiger partial charge is 0.466 e. The summed E-state index contributed by atoms with van der Waals surface area (Å²) >= 11 is 1.56. The smallest absolute Gasteiger partial charge is 0.314 e. The summed E-state index contributed by atoms with van der Waals surface area (Å²) in [5.41, 5.74) is 2.32. The van der Waals surface area contributed by atoms with Crippen LogP contribution in [0.4, 0.5) is 4.39 Å². The average Bonchev–Trinajstić information content (AvgIpc) is 3.13. The fraction of sp³-hybridized carbons (Fsp3) is 0.500. The molecule has 1 fully saturated rings. The number of hydrogen-bond donors (Lipinski definition) is 0. The Kier molecular flexibility index (Phi) is 7.00. The van der Waals surface area contributed by atoms with Crippen molar-refractivity contribution in [1.29, 1.82) is 0 Å². The monoisotopic (exact) mass is 418 g/mol. The van der Waals surface area contributed by atoms with Crippen LogP contribution in [0, 0.1) is 18.2 Å². The Balaban J connectivity index is 1.76. The Hall–Kier alpha value is -2.28. The molecule has 7 heteroatoms. The summed E-state index contributed by atoms with van der Waals surface area (Å²) in [6.45, 7) is 4.84. The van der Waals surface area contributed by atoms with Crippen LogP contribution in [0.2, 0.25) is 0 Å². The van der Waals surface area contributed by atoms with E-state index in [9.17, 15) is 14.0 Å².